The molecule has 0 aliphatic heterocycles. The number of carbonyl (C=O) groups excluding carboxylic acids is 1. The highest BCUT2D eigenvalue weighted by Crippen LogP contribution is 2.27. The SMILES string of the molecule is COc1cccc(NC(=O)c2ccc(COc3ccccc3[N+](=O)[O-])o2)c1. The second-order valence-corrected chi connectivity index (χ2v) is 5.47. The van der Waals surface area contributed by atoms with Crippen molar-refractivity contribution in [2.75, 3.05) is 12.4 Å². The predicted octanol–water partition coefficient (Wildman–Crippen LogP) is 4.03. The van der Waals surface area contributed by atoms with Gasteiger partial charge in [0.15, 0.2) is 11.5 Å². The van der Waals surface area contributed by atoms with Gasteiger partial charge in [0.1, 0.15) is 18.1 Å². The zero-order valence-corrected chi connectivity index (χ0v) is 14.4. The van der Waals surface area contributed by atoms with Crippen LogP contribution < -0.4 is 14.8 Å². The summed E-state index contributed by atoms with van der Waals surface area (Å²) in [4.78, 5) is 22.7. The van der Waals surface area contributed by atoms with Gasteiger partial charge in [-0.1, -0.05) is 18.2 Å². The molecule has 27 heavy (non-hydrogen) atoms. The Morgan fingerprint density at radius 2 is 1.96 bits per heavy atom. The zero-order valence-electron chi connectivity index (χ0n) is 14.4. The van der Waals surface area contributed by atoms with E-state index in [0.717, 1.165) is 0 Å². The third-order valence-corrected chi connectivity index (χ3v) is 3.64. The Morgan fingerprint density at radius 3 is 2.74 bits per heavy atom. The van der Waals surface area contributed by atoms with E-state index in [4.69, 9.17) is 13.9 Å². The smallest absolute Gasteiger partial charge is 0.310 e. The van der Waals surface area contributed by atoms with Crippen LogP contribution in [0.3, 0.4) is 0 Å². The van der Waals surface area contributed by atoms with E-state index in [9.17, 15) is 14.9 Å². The number of furan rings is 1. The van der Waals surface area contributed by atoms with Gasteiger partial charge < -0.3 is 19.2 Å². The number of nitrogens with one attached hydrogen (secondary N) is 1. The van der Waals surface area contributed by atoms with Crippen LogP contribution in [-0.4, -0.2) is 17.9 Å². The third kappa shape index (κ3) is 4.43. The van der Waals surface area contributed by atoms with Gasteiger partial charge in [0.25, 0.3) is 5.91 Å². The Bertz CT molecular complexity index is 966. The number of carbonyl (C=O) groups is 1. The molecular weight excluding hydrogens is 352 g/mol. The molecule has 1 heterocycles. The van der Waals surface area contributed by atoms with E-state index in [1.165, 1.54) is 25.3 Å². The number of nitro benzene ring substituents is 1. The number of anilines is 1. The number of benzene rings is 2. The normalized spacial score (nSPS) is 10.3. The number of para-hydroxylation sites is 2. The number of rotatable bonds is 7. The molecule has 138 valence electrons. The lowest BCUT2D eigenvalue weighted by Crippen LogP contribution is -2.10. The average Bonchev–Trinajstić information content (AvgIpc) is 3.16. The van der Waals surface area contributed by atoms with Gasteiger partial charge in [0.05, 0.1) is 12.0 Å². The van der Waals surface area contributed by atoms with Crippen LogP contribution in [0.5, 0.6) is 11.5 Å². The van der Waals surface area contributed by atoms with E-state index in [0.29, 0.717) is 17.2 Å². The molecule has 3 rings (SSSR count). The van der Waals surface area contributed by atoms with Crippen molar-refractivity contribution in [2.45, 2.75) is 6.61 Å². The molecule has 0 unspecified atom stereocenters. The number of ether oxygens (including phenoxy) is 2. The Kier molecular flexibility index (Phi) is 5.36. The number of hydrogen-bond acceptors (Lipinski definition) is 6. The summed E-state index contributed by atoms with van der Waals surface area (Å²) in [5.41, 5.74) is 0.425. The minimum absolute atomic E-state index is 0.0444. The van der Waals surface area contributed by atoms with Gasteiger partial charge in [-0.05, 0) is 30.3 Å². The molecule has 8 heteroatoms. The topological polar surface area (TPSA) is 104 Å². The first-order valence-corrected chi connectivity index (χ1v) is 7.97. The van der Waals surface area contributed by atoms with Crippen molar-refractivity contribution in [3.63, 3.8) is 0 Å². The van der Waals surface area contributed by atoms with Crippen molar-refractivity contribution in [1.82, 2.24) is 0 Å². The lowest BCUT2D eigenvalue weighted by Gasteiger charge is -2.06. The number of amides is 1. The molecular formula is C19H16N2O6. The monoisotopic (exact) mass is 368 g/mol. The van der Waals surface area contributed by atoms with Crippen LogP contribution in [-0.2, 0) is 6.61 Å². The molecule has 0 fully saturated rings. The largest absolute Gasteiger partial charge is 0.497 e. The molecule has 0 radical (unpaired) electrons. The van der Waals surface area contributed by atoms with Crippen molar-refractivity contribution < 1.29 is 23.6 Å². The predicted molar refractivity (Wildman–Crippen MR) is 97.1 cm³/mol. The van der Waals surface area contributed by atoms with E-state index < -0.39 is 10.8 Å². The number of nitro groups is 1. The summed E-state index contributed by atoms with van der Waals surface area (Å²) in [6.45, 7) is -0.0444. The highest BCUT2D eigenvalue weighted by molar-refractivity contribution is 6.02. The van der Waals surface area contributed by atoms with Crippen LogP contribution in [0.2, 0.25) is 0 Å². The highest BCUT2D eigenvalue weighted by atomic mass is 16.6. The Morgan fingerprint density at radius 1 is 1.15 bits per heavy atom. The summed E-state index contributed by atoms with van der Waals surface area (Å²) < 4.78 is 16.0. The fourth-order valence-corrected chi connectivity index (χ4v) is 2.35. The quantitative estimate of drug-likeness (QED) is 0.499. The van der Waals surface area contributed by atoms with Crippen LogP contribution in [0.1, 0.15) is 16.3 Å². The first kappa shape index (κ1) is 18.0. The summed E-state index contributed by atoms with van der Waals surface area (Å²) >= 11 is 0. The van der Waals surface area contributed by atoms with Gasteiger partial charge >= 0.3 is 5.69 Å². The summed E-state index contributed by atoms with van der Waals surface area (Å²) in [6, 6.07) is 16.0. The average molecular weight is 368 g/mol. The minimum Gasteiger partial charge on any atom is -0.497 e. The Labute approximate surface area is 154 Å². The fraction of sp³-hybridized carbons (Fsp3) is 0.105. The maximum absolute atomic E-state index is 12.3. The van der Waals surface area contributed by atoms with Crippen molar-refractivity contribution in [3.8, 4) is 11.5 Å². The van der Waals surface area contributed by atoms with Gasteiger partial charge in [-0.15, -0.1) is 0 Å². The van der Waals surface area contributed by atoms with Gasteiger partial charge in [0.2, 0.25) is 0 Å². The van der Waals surface area contributed by atoms with Crippen LogP contribution in [0.25, 0.3) is 0 Å². The molecule has 0 saturated heterocycles. The van der Waals surface area contributed by atoms with Gasteiger partial charge in [-0.3, -0.25) is 14.9 Å². The van der Waals surface area contributed by atoms with Crippen LogP contribution >= 0.6 is 0 Å². The summed E-state index contributed by atoms with van der Waals surface area (Å²) in [7, 11) is 1.54. The molecule has 1 aromatic heterocycles. The number of hydrogen-bond donors (Lipinski definition) is 1. The zero-order chi connectivity index (χ0) is 19.2. The molecule has 0 aliphatic rings. The molecule has 1 N–H and O–H groups in total. The first-order chi connectivity index (χ1) is 13.1. The summed E-state index contributed by atoms with van der Waals surface area (Å²) in [6.07, 6.45) is 0. The molecule has 1 amide bonds. The Balaban J connectivity index is 1.64. The number of nitrogens with zero attached hydrogens (tertiary/aromatic N) is 1. The summed E-state index contributed by atoms with van der Waals surface area (Å²) in [5, 5.41) is 13.7. The second kappa shape index (κ2) is 8.05. The Hall–Kier alpha value is -3.81. The number of methoxy groups -OCH3 is 1. The summed E-state index contributed by atoms with van der Waals surface area (Å²) in [5.74, 6) is 0.773. The van der Waals surface area contributed by atoms with Crippen molar-refractivity contribution in [1.29, 1.82) is 0 Å². The van der Waals surface area contributed by atoms with Crippen molar-refractivity contribution in [3.05, 3.63) is 82.3 Å². The molecule has 3 aromatic rings. The lowest BCUT2D eigenvalue weighted by atomic mass is 10.3. The molecule has 0 saturated carbocycles. The van der Waals surface area contributed by atoms with Crippen LogP contribution in [0.4, 0.5) is 11.4 Å². The lowest BCUT2D eigenvalue weighted by molar-refractivity contribution is -0.386. The molecule has 2 aromatic carbocycles. The van der Waals surface area contributed by atoms with E-state index in [2.05, 4.69) is 5.32 Å². The van der Waals surface area contributed by atoms with E-state index >= 15 is 0 Å². The minimum atomic E-state index is -0.523. The van der Waals surface area contributed by atoms with Crippen molar-refractivity contribution in [2.24, 2.45) is 0 Å². The maximum atomic E-state index is 12.3. The third-order valence-electron chi connectivity index (χ3n) is 3.64. The fourth-order valence-electron chi connectivity index (χ4n) is 2.35. The van der Waals surface area contributed by atoms with Gasteiger partial charge in [-0.2, -0.15) is 0 Å². The van der Waals surface area contributed by atoms with Gasteiger partial charge in [-0.25, -0.2) is 0 Å². The van der Waals surface area contributed by atoms with E-state index in [1.807, 2.05) is 0 Å². The van der Waals surface area contributed by atoms with Gasteiger partial charge in [0, 0.05) is 17.8 Å². The molecule has 0 atom stereocenters. The van der Waals surface area contributed by atoms with E-state index in [-0.39, 0.29) is 23.8 Å². The highest BCUT2D eigenvalue weighted by Gasteiger charge is 2.16. The van der Waals surface area contributed by atoms with Crippen molar-refractivity contribution >= 4 is 17.3 Å². The molecule has 0 aliphatic carbocycles. The van der Waals surface area contributed by atoms with Crippen LogP contribution in [0.15, 0.2) is 65.1 Å². The molecule has 0 bridgehead atoms. The van der Waals surface area contributed by atoms with Crippen LogP contribution in [0, 0.1) is 10.1 Å². The maximum Gasteiger partial charge on any atom is 0.310 e. The standard InChI is InChI=1S/C19H16N2O6/c1-25-14-6-4-5-13(11-14)20-19(22)18-10-9-15(27-18)12-26-17-8-3-2-7-16(17)21(23)24/h2-11H,12H2,1H3,(H,20,22). The first-order valence-electron chi connectivity index (χ1n) is 7.97. The second-order valence-electron chi connectivity index (χ2n) is 5.47. The molecule has 0 spiro atoms. The van der Waals surface area contributed by atoms with E-state index in [1.54, 1.807) is 42.5 Å². The molecule has 8 nitrogen and oxygen atoms in total.